The summed E-state index contributed by atoms with van der Waals surface area (Å²) in [5.41, 5.74) is 0. The topological polar surface area (TPSA) is 107 Å². The maximum absolute atomic E-state index is 11.9. The van der Waals surface area contributed by atoms with E-state index in [9.17, 15) is 14.4 Å². The van der Waals surface area contributed by atoms with Gasteiger partial charge in [-0.2, -0.15) is 0 Å². The van der Waals surface area contributed by atoms with Crippen molar-refractivity contribution < 1.29 is 29.3 Å². The molecule has 0 spiro atoms. The Kier molecular flexibility index (Phi) is 2.10. The molecule has 3 heterocycles. The van der Waals surface area contributed by atoms with Crippen molar-refractivity contribution in [2.45, 2.75) is 37.3 Å². The molecule has 98 valence electrons. The molecule has 3 aliphatic rings. The zero-order chi connectivity index (χ0) is 13.2. The monoisotopic (exact) mass is 256 g/mol. The molecule has 2 amide bonds. The number of hydrogen-bond donors (Lipinski definition) is 2. The van der Waals surface area contributed by atoms with Crippen LogP contribution in [0.3, 0.4) is 0 Å². The van der Waals surface area contributed by atoms with Gasteiger partial charge in [-0.15, -0.1) is 0 Å². The molecule has 8 nitrogen and oxygen atoms in total. The van der Waals surface area contributed by atoms with Gasteiger partial charge >= 0.3 is 12.1 Å². The standard InChI is InChI=1S/C10H12N2O6/c1-3-5(9(14)15)12-6-4(18-3)2-11(10(16)17)7(6)8(12)13/h3-7H,2H2,1H3,(H,14,15)(H,16,17)/t3?,4-,5?,6+,7+/m1/s1. The highest BCUT2D eigenvalue weighted by Gasteiger charge is 2.67. The number of morpholine rings is 1. The van der Waals surface area contributed by atoms with Crippen molar-refractivity contribution in [2.75, 3.05) is 6.54 Å². The first-order valence-corrected chi connectivity index (χ1v) is 5.63. The molecule has 0 aromatic carbocycles. The fourth-order valence-corrected chi connectivity index (χ4v) is 3.17. The van der Waals surface area contributed by atoms with Gasteiger partial charge in [-0.3, -0.25) is 9.69 Å². The largest absolute Gasteiger partial charge is 0.480 e. The van der Waals surface area contributed by atoms with Gasteiger partial charge in [0.15, 0.2) is 6.04 Å². The minimum Gasteiger partial charge on any atom is -0.480 e. The second-order valence-electron chi connectivity index (χ2n) is 4.78. The predicted molar refractivity (Wildman–Crippen MR) is 54.9 cm³/mol. The van der Waals surface area contributed by atoms with Crippen molar-refractivity contribution in [3.8, 4) is 0 Å². The smallest absolute Gasteiger partial charge is 0.408 e. The Morgan fingerprint density at radius 3 is 2.61 bits per heavy atom. The zero-order valence-electron chi connectivity index (χ0n) is 9.52. The Morgan fingerprint density at radius 2 is 2.06 bits per heavy atom. The van der Waals surface area contributed by atoms with Crippen LogP contribution in [0.4, 0.5) is 4.79 Å². The minimum atomic E-state index is -1.18. The van der Waals surface area contributed by atoms with Gasteiger partial charge in [-0.25, -0.2) is 9.59 Å². The second-order valence-corrected chi connectivity index (χ2v) is 4.78. The minimum absolute atomic E-state index is 0.115. The number of carboxylic acid groups (broad SMARTS) is 2. The molecule has 0 radical (unpaired) electrons. The first-order valence-electron chi connectivity index (χ1n) is 5.63. The summed E-state index contributed by atoms with van der Waals surface area (Å²) in [6.45, 7) is 1.70. The molecule has 3 rings (SSSR count). The average Bonchev–Trinajstić information content (AvgIpc) is 2.63. The van der Waals surface area contributed by atoms with Crippen molar-refractivity contribution >= 4 is 18.0 Å². The van der Waals surface area contributed by atoms with Crippen molar-refractivity contribution in [2.24, 2.45) is 0 Å². The number of aliphatic carboxylic acids is 1. The molecule has 3 fully saturated rings. The fourth-order valence-electron chi connectivity index (χ4n) is 3.17. The van der Waals surface area contributed by atoms with Crippen LogP contribution in [0.25, 0.3) is 0 Å². The lowest BCUT2D eigenvalue weighted by molar-refractivity contribution is -0.199. The van der Waals surface area contributed by atoms with Crippen molar-refractivity contribution in [3.63, 3.8) is 0 Å². The fraction of sp³-hybridized carbons (Fsp3) is 0.700. The Bertz CT molecular complexity index is 452. The second kappa shape index (κ2) is 3.35. The SMILES string of the molecule is CC1O[C@@H]2CN(C(=O)O)[C@@H]3C(=O)N(C1C(=O)O)[C@H]32. The number of carboxylic acids is 1. The predicted octanol–water partition coefficient (Wildman–Crippen LogP) is -1.20. The van der Waals surface area contributed by atoms with Gasteiger partial charge in [0.25, 0.3) is 0 Å². The normalized spacial score (nSPS) is 41.4. The highest BCUT2D eigenvalue weighted by Crippen LogP contribution is 2.41. The van der Waals surface area contributed by atoms with Crippen LogP contribution >= 0.6 is 0 Å². The van der Waals surface area contributed by atoms with Crippen LogP contribution in [0.1, 0.15) is 6.92 Å². The molecule has 3 saturated heterocycles. The number of nitrogens with zero attached hydrogens (tertiary/aromatic N) is 2. The summed E-state index contributed by atoms with van der Waals surface area (Å²) in [4.78, 5) is 36.4. The van der Waals surface area contributed by atoms with Gasteiger partial charge in [0, 0.05) is 0 Å². The molecular weight excluding hydrogens is 244 g/mol. The van der Waals surface area contributed by atoms with E-state index in [1.165, 1.54) is 4.90 Å². The number of hydrogen-bond acceptors (Lipinski definition) is 4. The van der Waals surface area contributed by atoms with Crippen molar-refractivity contribution in [1.29, 1.82) is 0 Å². The molecule has 2 unspecified atom stereocenters. The van der Waals surface area contributed by atoms with Crippen LogP contribution in [0.15, 0.2) is 0 Å². The van der Waals surface area contributed by atoms with Crippen LogP contribution in [-0.2, 0) is 14.3 Å². The summed E-state index contributed by atoms with van der Waals surface area (Å²) in [6.07, 6.45) is -2.23. The van der Waals surface area contributed by atoms with Gasteiger partial charge in [0.1, 0.15) is 6.04 Å². The summed E-state index contributed by atoms with van der Waals surface area (Å²) >= 11 is 0. The quantitative estimate of drug-likeness (QED) is 0.570. The van der Waals surface area contributed by atoms with Gasteiger partial charge in [0.2, 0.25) is 5.91 Å². The Hall–Kier alpha value is -1.83. The molecule has 0 saturated carbocycles. The maximum atomic E-state index is 11.9. The van der Waals surface area contributed by atoms with Gasteiger partial charge in [0.05, 0.1) is 24.8 Å². The summed E-state index contributed by atoms with van der Waals surface area (Å²) in [7, 11) is 0. The van der Waals surface area contributed by atoms with Gasteiger partial charge in [-0.05, 0) is 6.92 Å². The zero-order valence-corrected chi connectivity index (χ0v) is 9.52. The Morgan fingerprint density at radius 1 is 1.39 bits per heavy atom. The van der Waals surface area contributed by atoms with Gasteiger partial charge < -0.3 is 19.8 Å². The van der Waals surface area contributed by atoms with E-state index in [1.54, 1.807) is 6.92 Å². The average molecular weight is 256 g/mol. The molecule has 0 bridgehead atoms. The van der Waals surface area contributed by atoms with Crippen LogP contribution in [0.5, 0.6) is 0 Å². The highest BCUT2D eigenvalue weighted by atomic mass is 16.5. The number of likely N-dealkylation sites (tertiary alicyclic amines) is 1. The van der Waals surface area contributed by atoms with Gasteiger partial charge in [-0.1, -0.05) is 0 Å². The van der Waals surface area contributed by atoms with E-state index in [4.69, 9.17) is 14.9 Å². The van der Waals surface area contributed by atoms with Crippen molar-refractivity contribution in [3.05, 3.63) is 0 Å². The molecule has 0 aromatic rings. The molecule has 3 aliphatic heterocycles. The number of β-lactam (4-membered cyclic amide) rings is 1. The number of rotatable bonds is 1. The van der Waals surface area contributed by atoms with Crippen LogP contribution in [0.2, 0.25) is 0 Å². The summed E-state index contributed by atoms with van der Waals surface area (Å²) in [5.74, 6) is -1.56. The molecule has 0 aromatic heterocycles. The Balaban J connectivity index is 1.93. The van der Waals surface area contributed by atoms with E-state index < -0.39 is 48.3 Å². The van der Waals surface area contributed by atoms with E-state index in [0.717, 1.165) is 4.90 Å². The van der Waals surface area contributed by atoms with E-state index >= 15 is 0 Å². The lowest BCUT2D eigenvalue weighted by atomic mass is 9.88. The maximum Gasteiger partial charge on any atom is 0.408 e. The third-order valence-corrected chi connectivity index (χ3v) is 3.88. The summed E-state index contributed by atoms with van der Waals surface area (Å²) < 4.78 is 5.53. The molecule has 0 aliphatic carbocycles. The van der Waals surface area contributed by atoms with E-state index in [-0.39, 0.29) is 6.54 Å². The van der Waals surface area contributed by atoms with E-state index in [2.05, 4.69) is 0 Å². The number of amides is 2. The number of carbonyl (C=O) groups is 3. The highest BCUT2D eigenvalue weighted by molar-refractivity contribution is 5.97. The number of carbonyl (C=O) groups excluding carboxylic acids is 1. The lowest BCUT2D eigenvalue weighted by Gasteiger charge is -2.53. The molecular formula is C10H12N2O6. The van der Waals surface area contributed by atoms with Crippen LogP contribution in [0, 0.1) is 0 Å². The first kappa shape index (κ1) is 11.3. The first-order chi connectivity index (χ1) is 8.43. The van der Waals surface area contributed by atoms with Crippen LogP contribution < -0.4 is 0 Å². The van der Waals surface area contributed by atoms with Crippen molar-refractivity contribution in [1.82, 2.24) is 9.80 Å². The molecule has 8 heteroatoms. The van der Waals surface area contributed by atoms with E-state index in [1.807, 2.05) is 0 Å². The summed E-state index contributed by atoms with van der Waals surface area (Å²) in [5, 5.41) is 18.1. The van der Waals surface area contributed by atoms with E-state index in [0.29, 0.717) is 0 Å². The third-order valence-electron chi connectivity index (χ3n) is 3.88. The molecule has 2 N–H and O–H groups in total. The Labute approximate surface area is 102 Å². The molecule has 18 heavy (non-hydrogen) atoms. The molecule has 5 atom stereocenters. The van der Waals surface area contributed by atoms with Crippen LogP contribution in [-0.4, -0.2) is 74.9 Å². The third kappa shape index (κ3) is 1.15. The number of ether oxygens (including phenoxy) is 1. The lowest BCUT2D eigenvalue weighted by Crippen LogP contribution is -2.77. The summed E-state index contributed by atoms with van der Waals surface area (Å²) in [6, 6.07) is -2.25.